The van der Waals surface area contributed by atoms with Crippen molar-refractivity contribution in [2.24, 2.45) is 10.8 Å². The summed E-state index contributed by atoms with van der Waals surface area (Å²) >= 11 is 0. The minimum atomic E-state index is -0.581. The zero-order valence-corrected chi connectivity index (χ0v) is 20.4. The van der Waals surface area contributed by atoms with E-state index in [1.54, 1.807) is 0 Å². The highest BCUT2D eigenvalue weighted by molar-refractivity contribution is 6.27. The summed E-state index contributed by atoms with van der Waals surface area (Å²) in [5, 5.41) is 10.2. The number of Topliss-reactive ketones (excluding diaryl/α,β-unsaturated/α-hetero) is 1. The highest BCUT2D eigenvalue weighted by Gasteiger charge is 2.29. The maximum absolute atomic E-state index is 12.4. The van der Waals surface area contributed by atoms with Gasteiger partial charge in [0.2, 0.25) is 5.78 Å². The molecular weight excluding hydrogens is 404 g/mol. The number of benzene rings is 1. The standard InChI is InChI=1S/C27H42O5/c1-26(2,24(30)20-28)18-12-6-10-16-23(29)17-11-7-13-19-27(3,4)25(31)32-21-22-14-8-5-9-15-22/h5,8-9,14-15,20,23,29H,6-7,10-13,16-19,21H2,1-4H3. The molecule has 0 saturated carbocycles. The Labute approximate surface area is 193 Å². The van der Waals surface area contributed by atoms with Crippen LogP contribution >= 0.6 is 0 Å². The minimum Gasteiger partial charge on any atom is -0.460 e. The van der Waals surface area contributed by atoms with Crippen LogP contribution in [0.3, 0.4) is 0 Å². The molecule has 1 aromatic carbocycles. The predicted octanol–water partition coefficient (Wildman–Crippen LogP) is 5.81. The van der Waals surface area contributed by atoms with Crippen LogP contribution in [0.1, 0.15) is 97.5 Å². The Hall–Kier alpha value is -2.01. The molecule has 5 heteroatoms. The zero-order chi connectivity index (χ0) is 24.0. The second kappa shape index (κ2) is 14.2. The number of ketones is 1. The number of carbonyl (C=O) groups excluding carboxylic acids is 3. The Kier molecular flexibility index (Phi) is 12.4. The molecule has 0 amide bonds. The van der Waals surface area contributed by atoms with Crippen molar-refractivity contribution in [3.8, 4) is 0 Å². The van der Waals surface area contributed by atoms with Gasteiger partial charge in [-0.1, -0.05) is 82.7 Å². The first-order valence-electron chi connectivity index (χ1n) is 12.0. The number of aliphatic hydroxyl groups is 1. The number of unbranched alkanes of at least 4 members (excludes halogenated alkanes) is 4. The number of hydrogen-bond donors (Lipinski definition) is 1. The Morgan fingerprint density at radius 1 is 0.875 bits per heavy atom. The third kappa shape index (κ3) is 11.0. The van der Waals surface area contributed by atoms with Crippen molar-refractivity contribution in [2.75, 3.05) is 0 Å². The fourth-order valence-corrected chi connectivity index (χ4v) is 3.69. The van der Waals surface area contributed by atoms with E-state index in [2.05, 4.69) is 0 Å². The van der Waals surface area contributed by atoms with Gasteiger partial charge in [0.15, 0.2) is 6.29 Å². The van der Waals surface area contributed by atoms with Crippen molar-refractivity contribution < 1.29 is 24.2 Å². The summed E-state index contributed by atoms with van der Waals surface area (Å²) in [4.78, 5) is 34.6. The van der Waals surface area contributed by atoms with Crippen LogP contribution in [0.4, 0.5) is 0 Å². The number of aldehydes is 1. The molecule has 0 saturated heterocycles. The lowest BCUT2D eigenvalue weighted by atomic mass is 9.83. The molecule has 180 valence electrons. The molecule has 0 radical (unpaired) electrons. The molecule has 0 aliphatic rings. The van der Waals surface area contributed by atoms with Gasteiger partial charge < -0.3 is 9.84 Å². The predicted molar refractivity (Wildman–Crippen MR) is 127 cm³/mol. The van der Waals surface area contributed by atoms with Gasteiger partial charge in [-0.15, -0.1) is 0 Å². The van der Waals surface area contributed by atoms with Crippen LogP contribution in [-0.2, 0) is 25.7 Å². The number of hydrogen-bond acceptors (Lipinski definition) is 5. The van der Waals surface area contributed by atoms with Crippen LogP contribution in [0.25, 0.3) is 0 Å². The van der Waals surface area contributed by atoms with Gasteiger partial charge >= 0.3 is 5.97 Å². The molecule has 1 N–H and O–H groups in total. The lowest BCUT2D eigenvalue weighted by molar-refractivity contribution is -0.155. The zero-order valence-electron chi connectivity index (χ0n) is 20.4. The second-order valence-electron chi connectivity index (χ2n) is 10.2. The molecular formula is C27H42O5. The fourth-order valence-electron chi connectivity index (χ4n) is 3.69. The number of rotatable bonds is 17. The Morgan fingerprint density at radius 2 is 1.41 bits per heavy atom. The Morgan fingerprint density at radius 3 is 1.94 bits per heavy atom. The molecule has 0 heterocycles. The van der Waals surface area contributed by atoms with Crippen LogP contribution < -0.4 is 0 Å². The highest BCUT2D eigenvalue weighted by Crippen LogP contribution is 2.27. The molecule has 0 fully saturated rings. The number of aliphatic hydroxyl groups excluding tert-OH is 1. The Bertz CT molecular complexity index is 693. The first-order chi connectivity index (χ1) is 15.1. The van der Waals surface area contributed by atoms with Crippen LogP contribution in [-0.4, -0.2) is 29.2 Å². The smallest absolute Gasteiger partial charge is 0.311 e. The van der Waals surface area contributed by atoms with Gasteiger partial charge in [0.05, 0.1) is 11.5 Å². The summed E-state index contributed by atoms with van der Waals surface area (Å²) in [6, 6.07) is 9.69. The molecule has 0 spiro atoms. The van der Waals surface area contributed by atoms with Crippen molar-refractivity contribution in [3.05, 3.63) is 35.9 Å². The topological polar surface area (TPSA) is 80.7 Å². The molecule has 32 heavy (non-hydrogen) atoms. The molecule has 0 aliphatic carbocycles. The normalized spacial score (nSPS) is 12.9. The van der Waals surface area contributed by atoms with Crippen molar-refractivity contribution in [1.29, 1.82) is 0 Å². The van der Waals surface area contributed by atoms with Crippen LogP contribution in [0.5, 0.6) is 0 Å². The van der Waals surface area contributed by atoms with E-state index < -0.39 is 10.8 Å². The molecule has 1 atom stereocenters. The van der Waals surface area contributed by atoms with E-state index >= 15 is 0 Å². The molecule has 1 aromatic rings. The van der Waals surface area contributed by atoms with E-state index in [4.69, 9.17) is 4.74 Å². The van der Waals surface area contributed by atoms with Gasteiger partial charge in [-0.3, -0.25) is 14.4 Å². The minimum absolute atomic E-state index is 0.167. The second-order valence-corrected chi connectivity index (χ2v) is 10.2. The SMILES string of the molecule is CC(C)(CCCCCC(O)CCCCCC(C)(C)C(=O)OCc1ccccc1)C(=O)C=O. The fraction of sp³-hybridized carbons (Fsp3) is 0.667. The number of ether oxygens (including phenoxy) is 1. The largest absolute Gasteiger partial charge is 0.460 e. The van der Waals surface area contributed by atoms with Crippen molar-refractivity contribution in [2.45, 2.75) is 105 Å². The van der Waals surface area contributed by atoms with Gasteiger partial charge in [0, 0.05) is 5.41 Å². The average Bonchev–Trinajstić information content (AvgIpc) is 2.76. The number of esters is 1. The summed E-state index contributed by atoms with van der Waals surface area (Å²) in [6.07, 6.45) is 8.73. The summed E-state index contributed by atoms with van der Waals surface area (Å²) in [7, 11) is 0. The lowest BCUT2D eigenvalue weighted by Crippen LogP contribution is -2.26. The summed E-state index contributed by atoms with van der Waals surface area (Å²) in [5.41, 5.74) is -0.0991. The van der Waals surface area contributed by atoms with E-state index in [1.165, 1.54) is 0 Å². The van der Waals surface area contributed by atoms with Crippen molar-refractivity contribution >= 4 is 18.0 Å². The number of carbonyl (C=O) groups is 3. The van der Waals surface area contributed by atoms with Crippen LogP contribution in [0, 0.1) is 10.8 Å². The maximum Gasteiger partial charge on any atom is 0.311 e. The third-order valence-corrected chi connectivity index (χ3v) is 6.22. The van der Waals surface area contributed by atoms with E-state index in [9.17, 15) is 19.5 Å². The van der Waals surface area contributed by atoms with E-state index in [0.29, 0.717) is 19.3 Å². The molecule has 0 bridgehead atoms. The highest BCUT2D eigenvalue weighted by atomic mass is 16.5. The van der Waals surface area contributed by atoms with E-state index in [1.807, 2.05) is 58.0 Å². The molecule has 0 aromatic heterocycles. The quantitative estimate of drug-likeness (QED) is 0.141. The molecule has 5 nitrogen and oxygen atoms in total. The third-order valence-electron chi connectivity index (χ3n) is 6.22. The summed E-state index contributed by atoms with van der Waals surface area (Å²) in [5.74, 6) is -0.510. The van der Waals surface area contributed by atoms with Crippen molar-refractivity contribution in [3.63, 3.8) is 0 Å². The monoisotopic (exact) mass is 446 g/mol. The summed E-state index contributed by atoms with van der Waals surface area (Å²) < 4.78 is 5.48. The Balaban J connectivity index is 2.11. The first kappa shape index (κ1) is 28.0. The van der Waals surface area contributed by atoms with Gasteiger partial charge in [0.25, 0.3) is 0 Å². The van der Waals surface area contributed by atoms with E-state index in [0.717, 1.165) is 63.4 Å². The summed E-state index contributed by atoms with van der Waals surface area (Å²) in [6.45, 7) is 7.78. The molecule has 1 rings (SSSR count). The lowest BCUT2D eigenvalue weighted by Gasteiger charge is -2.22. The van der Waals surface area contributed by atoms with Gasteiger partial charge in [-0.25, -0.2) is 0 Å². The molecule has 1 unspecified atom stereocenters. The van der Waals surface area contributed by atoms with Gasteiger partial charge in [-0.2, -0.15) is 0 Å². The van der Waals surface area contributed by atoms with Crippen LogP contribution in [0.2, 0.25) is 0 Å². The van der Waals surface area contributed by atoms with Crippen LogP contribution in [0.15, 0.2) is 30.3 Å². The first-order valence-corrected chi connectivity index (χ1v) is 12.0. The maximum atomic E-state index is 12.4. The van der Waals surface area contributed by atoms with E-state index in [-0.39, 0.29) is 17.9 Å². The average molecular weight is 447 g/mol. The van der Waals surface area contributed by atoms with Crippen molar-refractivity contribution in [1.82, 2.24) is 0 Å². The molecule has 0 aliphatic heterocycles. The van der Waals surface area contributed by atoms with Gasteiger partial charge in [0.1, 0.15) is 6.61 Å². The van der Waals surface area contributed by atoms with Gasteiger partial charge in [-0.05, 0) is 45.1 Å².